The highest BCUT2D eigenvalue weighted by Crippen LogP contribution is 2.31. The quantitative estimate of drug-likeness (QED) is 0.340. The van der Waals surface area contributed by atoms with Crippen molar-refractivity contribution in [3.05, 3.63) is 65.2 Å². The van der Waals surface area contributed by atoms with Gasteiger partial charge in [-0.1, -0.05) is 12.1 Å². The van der Waals surface area contributed by atoms with Crippen molar-refractivity contribution in [1.29, 1.82) is 0 Å². The summed E-state index contributed by atoms with van der Waals surface area (Å²) in [5.41, 5.74) is 1.20. The number of pyridine rings is 1. The van der Waals surface area contributed by atoms with Crippen LogP contribution in [0.15, 0.2) is 41.7 Å². The number of oxime groups is 1. The third-order valence-electron chi connectivity index (χ3n) is 4.46. The highest BCUT2D eigenvalue weighted by atomic mass is 19.1. The van der Waals surface area contributed by atoms with E-state index in [1.54, 1.807) is 38.1 Å². The Balaban J connectivity index is 1.91. The minimum Gasteiger partial charge on any atom is -0.411 e. The van der Waals surface area contributed by atoms with Crippen LogP contribution in [-0.2, 0) is 0 Å². The summed E-state index contributed by atoms with van der Waals surface area (Å²) in [6.07, 6.45) is 1.48. The molecule has 1 unspecified atom stereocenters. The van der Waals surface area contributed by atoms with Crippen molar-refractivity contribution in [2.24, 2.45) is 5.16 Å². The van der Waals surface area contributed by atoms with Crippen LogP contribution in [0.2, 0.25) is 0 Å². The first-order valence-electron chi connectivity index (χ1n) is 8.15. The lowest BCUT2D eigenvalue weighted by atomic mass is 9.97. The van der Waals surface area contributed by atoms with Gasteiger partial charge >= 0.3 is 0 Å². The summed E-state index contributed by atoms with van der Waals surface area (Å²) in [5, 5.41) is 24.7. The van der Waals surface area contributed by atoms with Gasteiger partial charge in [-0.15, -0.1) is 10.2 Å². The second kappa shape index (κ2) is 6.35. The number of aromatic nitrogens is 5. The summed E-state index contributed by atoms with van der Waals surface area (Å²) in [6, 6.07) is 7.60. The van der Waals surface area contributed by atoms with Crippen molar-refractivity contribution < 1.29 is 14.0 Å². The fourth-order valence-corrected chi connectivity index (χ4v) is 3.01. The molecule has 0 amide bonds. The molecule has 1 N–H and O–H groups in total. The normalized spacial score (nSPS) is 13.4. The molecule has 1 atom stereocenters. The van der Waals surface area contributed by atoms with Gasteiger partial charge in [0.1, 0.15) is 23.0 Å². The fourth-order valence-electron chi connectivity index (χ4n) is 3.01. The molecule has 27 heavy (non-hydrogen) atoms. The van der Waals surface area contributed by atoms with Crippen LogP contribution in [0.5, 0.6) is 0 Å². The number of nitrogens with zero attached hydrogens (tertiary/aromatic N) is 6. The van der Waals surface area contributed by atoms with Crippen LogP contribution >= 0.6 is 0 Å². The lowest BCUT2D eigenvalue weighted by Crippen LogP contribution is -2.11. The van der Waals surface area contributed by atoms with E-state index in [0.717, 1.165) is 0 Å². The Kier molecular flexibility index (Phi) is 3.98. The molecule has 9 heteroatoms. The summed E-state index contributed by atoms with van der Waals surface area (Å²) in [5.74, 6) is -1.91. The standard InChI is InChI=1S/C18H14F2N6O/c1-9(16-12(19)8-14-11(17(16)20)4-3-7-21-14)18-23-22-15-6-5-13(10(2)25-27)24-26(15)18/h3-9,27H,1-2H3/b25-10-. The maximum atomic E-state index is 15.0. The number of hydrogen-bond acceptors (Lipinski definition) is 6. The molecule has 3 heterocycles. The predicted octanol–water partition coefficient (Wildman–Crippen LogP) is 3.30. The summed E-state index contributed by atoms with van der Waals surface area (Å²) in [6.45, 7) is 3.21. The minimum atomic E-state index is -0.765. The molecule has 0 radical (unpaired) electrons. The van der Waals surface area contributed by atoms with E-state index in [4.69, 9.17) is 5.21 Å². The van der Waals surface area contributed by atoms with E-state index in [0.29, 0.717) is 17.1 Å². The Bertz CT molecular complexity index is 1200. The number of rotatable bonds is 3. The molecule has 3 aromatic heterocycles. The van der Waals surface area contributed by atoms with E-state index in [2.05, 4.69) is 25.4 Å². The molecular weight excluding hydrogens is 354 g/mol. The van der Waals surface area contributed by atoms with E-state index < -0.39 is 17.6 Å². The first-order valence-corrected chi connectivity index (χ1v) is 8.15. The van der Waals surface area contributed by atoms with Gasteiger partial charge in [0.2, 0.25) is 0 Å². The van der Waals surface area contributed by atoms with Crippen LogP contribution in [0, 0.1) is 11.6 Å². The van der Waals surface area contributed by atoms with Crippen molar-refractivity contribution >= 4 is 22.3 Å². The van der Waals surface area contributed by atoms with Gasteiger partial charge in [0.15, 0.2) is 11.5 Å². The molecule has 7 nitrogen and oxygen atoms in total. The number of benzene rings is 1. The Labute approximate surface area is 152 Å². The van der Waals surface area contributed by atoms with Crippen LogP contribution in [-0.4, -0.2) is 35.7 Å². The Morgan fingerprint density at radius 3 is 2.81 bits per heavy atom. The molecule has 136 valence electrons. The summed E-state index contributed by atoms with van der Waals surface area (Å²) < 4.78 is 31.1. The highest BCUT2D eigenvalue weighted by molar-refractivity contribution is 5.96. The number of halogens is 2. The average molecular weight is 368 g/mol. The first kappa shape index (κ1) is 17.0. The zero-order valence-corrected chi connectivity index (χ0v) is 14.4. The smallest absolute Gasteiger partial charge is 0.177 e. The SMILES string of the molecule is C/C(=N/O)c1ccc2nnc(C(C)c3c(F)cc4ncccc4c3F)n2n1. The molecule has 0 saturated carbocycles. The van der Waals surface area contributed by atoms with Crippen LogP contribution in [0.25, 0.3) is 16.6 Å². The van der Waals surface area contributed by atoms with Crippen molar-refractivity contribution in [1.82, 2.24) is 24.8 Å². The lowest BCUT2D eigenvalue weighted by molar-refractivity contribution is 0.319. The third-order valence-corrected chi connectivity index (χ3v) is 4.46. The van der Waals surface area contributed by atoms with Crippen molar-refractivity contribution in [3.63, 3.8) is 0 Å². The molecule has 4 aromatic rings. The Hall–Kier alpha value is -3.49. The lowest BCUT2D eigenvalue weighted by Gasteiger charge is -2.14. The summed E-state index contributed by atoms with van der Waals surface area (Å²) >= 11 is 0. The van der Waals surface area contributed by atoms with Crippen molar-refractivity contribution in [2.45, 2.75) is 19.8 Å². The van der Waals surface area contributed by atoms with Gasteiger partial charge in [0.05, 0.1) is 5.52 Å². The number of fused-ring (bicyclic) bond motifs is 2. The molecule has 1 aromatic carbocycles. The second-order valence-electron chi connectivity index (χ2n) is 6.11. The van der Waals surface area contributed by atoms with Crippen molar-refractivity contribution in [3.8, 4) is 0 Å². The van der Waals surface area contributed by atoms with Gasteiger partial charge in [-0.25, -0.2) is 8.78 Å². The fraction of sp³-hybridized carbons (Fsp3) is 0.167. The van der Waals surface area contributed by atoms with Gasteiger partial charge in [-0.3, -0.25) is 4.98 Å². The molecule has 4 rings (SSSR count). The molecule has 0 spiro atoms. The van der Waals surface area contributed by atoms with Gasteiger partial charge in [0.25, 0.3) is 0 Å². The van der Waals surface area contributed by atoms with Gasteiger partial charge in [0, 0.05) is 29.1 Å². The summed E-state index contributed by atoms with van der Waals surface area (Å²) in [7, 11) is 0. The van der Waals surface area contributed by atoms with E-state index in [1.165, 1.54) is 16.8 Å². The molecule has 0 bridgehead atoms. The van der Waals surface area contributed by atoms with Gasteiger partial charge in [-0.05, 0) is 31.2 Å². The van der Waals surface area contributed by atoms with Gasteiger partial charge in [-0.2, -0.15) is 9.61 Å². The van der Waals surface area contributed by atoms with E-state index in [-0.39, 0.29) is 22.3 Å². The molecular formula is C18H14F2N6O. The molecule has 0 aliphatic carbocycles. The van der Waals surface area contributed by atoms with E-state index >= 15 is 4.39 Å². The monoisotopic (exact) mass is 368 g/mol. The van der Waals surface area contributed by atoms with Gasteiger partial charge < -0.3 is 5.21 Å². The zero-order chi connectivity index (χ0) is 19.1. The largest absolute Gasteiger partial charge is 0.411 e. The zero-order valence-electron chi connectivity index (χ0n) is 14.4. The number of hydrogen-bond donors (Lipinski definition) is 1. The second-order valence-corrected chi connectivity index (χ2v) is 6.11. The Morgan fingerprint density at radius 1 is 1.22 bits per heavy atom. The topological polar surface area (TPSA) is 88.6 Å². The average Bonchev–Trinajstić information content (AvgIpc) is 3.10. The molecule has 0 aliphatic heterocycles. The van der Waals surface area contributed by atoms with Crippen LogP contribution < -0.4 is 0 Å². The maximum Gasteiger partial charge on any atom is 0.177 e. The van der Waals surface area contributed by atoms with E-state index in [9.17, 15) is 4.39 Å². The highest BCUT2D eigenvalue weighted by Gasteiger charge is 2.25. The van der Waals surface area contributed by atoms with Crippen molar-refractivity contribution in [2.75, 3.05) is 0 Å². The Morgan fingerprint density at radius 2 is 2.04 bits per heavy atom. The summed E-state index contributed by atoms with van der Waals surface area (Å²) in [4.78, 5) is 3.99. The van der Waals surface area contributed by atoms with Crippen LogP contribution in [0.4, 0.5) is 8.78 Å². The molecule has 0 saturated heterocycles. The molecule has 0 aliphatic rings. The first-order chi connectivity index (χ1) is 13.0. The van der Waals surface area contributed by atoms with Crippen LogP contribution in [0.1, 0.15) is 36.8 Å². The minimum absolute atomic E-state index is 0.135. The maximum absolute atomic E-state index is 15.0. The van der Waals surface area contributed by atoms with Crippen LogP contribution in [0.3, 0.4) is 0 Å². The predicted molar refractivity (Wildman–Crippen MR) is 94.0 cm³/mol. The van der Waals surface area contributed by atoms with E-state index in [1.807, 2.05) is 0 Å². The third kappa shape index (κ3) is 2.67. The molecule has 0 fully saturated rings.